The number of rotatable bonds is 4. The van der Waals surface area contributed by atoms with Crippen molar-refractivity contribution in [3.05, 3.63) is 47.9 Å². The predicted octanol–water partition coefficient (Wildman–Crippen LogP) is 1.55. The third-order valence-corrected chi connectivity index (χ3v) is 2.42. The van der Waals surface area contributed by atoms with Crippen molar-refractivity contribution in [2.75, 3.05) is 12.3 Å². The molecule has 2 rings (SSSR count). The van der Waals surface area contributed by atoms with Crippen LogP contribution in [0.1, 0.15) is 11.3 Å². The molecular formula is C13H12N4O. The van der Waals surface area contributed by atoms with Gasteiger partial charge < -0.3 is 10.5 Å². The molecule has 1 aromatic carbocycles. The second-order valence-corrected chi connectivity index (χ2v) is 3.65. The third kappa shape index (κ3) is 2.95. The van der Waals surface area contributed by atoms with Crippen molar-refractivity contribution in [3.8, 4) is 11.9 Å². The zero-order valence-corrected chi connectivity index (χ0v) is 9.71. The minimum absolute atomic E-state index is 0.273. The van der Waals surface area contributed by atoms with Crippen LogP contribution in [0.25, 0.3) is 0 Å². The first-order valence-corrected chi connectivity index (χ1v) is 5.48. The zero-order valence-electron chi connectivity index (χ0n) is 9.71. The van der Waals surface area contributed by atoms with Crippen LogP contribution in [0.15, 0.2) is 36.7 Å². The number of aromatic nitrogens is 2. The molecule has 0 bridgehead atoms. The zero-order chi connectivity index (χ0) is 12.8. The van der Waals surface area contributed by atoms with Crippen LogP contribution in [-0.4, -0.2) is 16.6 Å². The Kier molecular flexibility index (Phi) is 3.72. The summed E-state index contributed by atoms with van der Waals surface area (Å²) >= 11 is 0. The Labute approximate surface area is 105 Å². The molecule has 0 amide bonds. The number of para-hydroxylation sites is 1. The lowest BCUT2D eigenvalue weighted by molar-refractivity contribution is 0.308. The molecule has 0 saturated carbocycles. The fourth-order valence-electron chi connectivity index (χ4n) is 1.48. The highest BCUT2D eigenvalue weighted by Gasteiger charge is 2.00. The van der Waals surface area contributed by atoms with Crippen LogP contribution in [-0.2, 0) is 6.42 Å². The number of anilines is 1. The maximum atomic E-state index is 8.58. The van der Waals surface area contributed by atoms with E-state index in [4.69, 9.17) is 15.7 Å². The van der Waals surface area contributed by atoms with Gasteiger partial charge in [0.05, 0.1) is 19.0 Å². The highest BCUT2D eigenvalue weighted by Crippen LogP contribution is 2.12. The molecule has 5 heteroatoms. The fraction of sp³-hybridized carbons (Fsp3) is 0.154. The van der Waals surface area contributed by atoms with Crippen LogP contribution in [0.4, 0.5) is 5.69 Å². The van der Waals surface area contributed by atoms with Gasteiger partial charge in [-0.05, 0) is 11.6 Å². The first kappa shape index (κ1) is 11.9. The Bertz CT molecular complexity index is 560. The molecule has 0 radical (unpaired) electrons. The van der Waals surface area contributed by atoms with E-state index in [0.717, 1.165) is 11.3 Å². The van der Waals surface area contributed by atoms with Gasteiger partial charge in [0.1, 0.15) is 6.07 Å². The second kappa shape index (κ2) is 5.64. The molecule has 2 aromatic rings. The quantitative estimate of drug-likeness (QED) is 0.819. The van der Waals surface area contributed by atoms with E-state index < -0.39 is 0 Å². The summed E-state index contributed by atoms with van der Waals surface area (Å²) in [7, 11) is 0. The Hall–Kier alpha value is -2.61. The molecule has 90 valence electrons. The van der Waals surface area contributed by atoms with Gasteiger partial charge in [0.2, 0.25) is 5.88 Å². The van der Waals surface area contributed by atoms with Crippen molar-refractivity contribution >= 4 is 5.69 Å². The van der Waals surface area contributed by atoms with E-state index >= 15 is 0 Å². The number of nitrogens with zero attached hydrogens (tertiary/aromatic N) is 3. The summed E-state index contributed by atoms with van der Waals surface area (Å²) in [4.78, 5) is 7.83. The molecule has 1 aromatic heterocycles. The number of ether oxygens (including phenoxy) is 1. The molecule has 0 atom stereocenters. The smallest absolute Gasteiger partial charge is 0.232 e. The first-order valence-electron chi connectivity index (χ1n) is 5.48. The van der Waals surface area contributed by atoms with Crippen molar-refractivity contribution in [2.45, 2.75) is 6.42 Å². The summed E-state index contributed by atoms with van der Waals surface area (Å²) in [5.41, 5.74) is 7.89. The third-order valence-electron chi connectivity index (χ3n) is 2.42. The van der Waals surface area contributed by atoms with Crippen molar-refractivity contribution in [1.82, 2.24) is 9.97 Å². The molecule has 0 spiro atoms. The number of hydrogen-bond acceptors (Lipinski definition) is 5. The predicted molar refractivity (Wildman–Crippen MR) is 66.8 cm³/mol. The van der Waals surface area contributed by atoms with Crippen LogP contribution in [0.5, 0.6) is 5.88 Å². The van der Waals surface area contributed by atoms with Crippen LogP contribution >= 0.6 is 0 Å². The summed E-state index contributed by atoms with van der Waals surface area (Å²) in [5.74, 6) is 0.406. The van der Waals surface area contributed by atoms with Crippen LogP contribution in [0.2, 0.25) is 0 Å². The van der Waals surface area contributed by atoms with Gasteiger partial charge in [-0.15, -0.1) is 0 Å². The van der Waals surface area contributed by atoms with Crippen molar-refractivity contribution in [3.63, 3.8) is 0 Å². The molecular weight excluding hydrogens is 228 g/mol. The van der Waals surface area contributed by atoms with Crippen molar-refractivity contribution < 1.29 is 4.74 Å². The van der Waals surface area contributed by atoms with Crippen molar-refractivity contribution in [1.29, 1.82) is 5.26 Å². The van der Waals surface area contributed by atoms with Gasteiger partial charge in [0.15, 0.2) is 5.69 Å². The number of nitriles is 1. The Morgan fingerprint density at radius 1 is 1.22 bits per heavy atom. The summed E-state index contributed by atoms with van der Waals surface area (Å²) in [5, 5.41) is 8.58. The van der Waals surface area contributed by atoms with Crippen LogP contribution in [0, 0.1) is 11.3 Å². The lowest BCUT2D eigenvalue weighted by atomic mass is 10.1. The topological polar surface area (TPSA) is 84.8 Å². The van der Waals surface area contributed by atoms with Gasteiger partial charge in [-0.3, -0.25) is 0 Å². The summed E-state index contributed by atoms with van der Waals surface area (Å²) in [6.45, 7) is 0.467. The number of nitrogens with two attached hydrogens (primary N) is 1. The fourth-order valence-corrected chi connectivity index (χ4v) is 1.48. The van der Waals surface area contributed by atoms with E-state index in [1.54, 1.807) is 0 Å². The monoisotopic (exact) mass is 240 g/mol. The van der Waals surface area contributed by atoms with Gasteiger partial charge in [-0.25, -0.2) is 9.97 Å². The second-order valence-electron chi connectivity index (χ2n) is 3.65. The molecule has 2 N–H and O–H groups in total. The molecule has 1 heterocycles. The summed E-state index contributed by atoms with van der Waals surface area (Å²) in [6, 6.07) is 9.55. The minimum Gasteiger partial charge on any atom is -0.476 e. The normalized spacial score (nSPS) is 9.72. The van der Waals surface area contributed by atoms with E-state index in [-0.39, 0.29) is 5.69 Å². The molecule has 0 fully saturated rings. The molecule has 5 nitrogen and oxygen atoms in total. The highest BCUT2D eigenvalue weighted by atomic mass is 16.5. The number of hydrogen-bond donors (Lipinski definition) is 1. The van der Waals surface area contributed by atoms with Gasteiger partial charge in [0, 0.05) is 12.1 Å². The largest absolute Gasteiger partial charge is 0.476 e. The minimum atomic E-state index is 0.273. The number of benzene rings is 1. The molecule has 18 heavy (non-hydrogen) atoms. The van der Waals surface area contributed by atoms with Gasteiger partial charge in [-0.2, -0.15) is 5.26 Å². The van der Waals surface area contributed by atoms with E-state index in [0.29, 0.717) is 18.9 Å². The van der Waals surface area contributed by atoms with Crippen LogP contribution < -0.4 is 10.5 Å². The summed E-state index contributed by atoms with van der Waals surface area (Å²) in [6.07, 6.45) is 3.52. The average Bonchev–Trinajstić information content (AvgIpc) is 2.42. The first-order chi connectivity index (χ1) is 8.79. The SMILES string of the molecule is N#Cc1cnc(OCCc2ccccc2N)cn1. The van der Waals surface area contributed by atoms with E-state index in [1.807, 2.05) is 30.3 Å². The highest BCUT2D eigenvalue weighted by molar-refractivity contribution is 5.46. The van der Waals surface area contributed by atoms with Gasteiger partial charge in [0.25, 0.3) is 0 Å². The van der Waals surface area contributed by atoms with Crippen LogP contribution in [0.3, 0.4) is 0 Å². The van der Waals surface area contributed by atoms with E-state index in [1.165, 1.54) is 12.4 Å². The van der Waals surface area contributed by atoms with E-state index in [2.05, 4.69) is 9.97 Å². The molecule has 0 unspecified atom stereocenters. The van der Waals surface area contributed by atoms with Gasteiger partial charge >= 0.3 is 0 Å². The maximum Gasteiger partial charge on any atom is 0.232 e. The Morgan fingerprint density at radius 2 is 2.06 bits per heavy atom. The van der Waals surface area contributed by atoms with Gasteiger partial charge in [-0.1, -0.05) is 18.2 Å². The Morgan fingerprint density at radius 3 is 2.72 bits per heavy atom. The molecule has 0 saturated heterocycles. The molecule has 0 aliphatic heterocycles. The average molecular weight is 240 g/mol. The summed E-state index contributed by atoms with van der Waals surface area (Å²) < 4.78 is 5.43. The Balaban J connectivity index is 1.89. The van der Waals surface area contributed by atoms with Crippen molar-refractivity contribution in [2.24, 2.45) is 0 Å². The number of nitrogen functional groups attached to an aromatic ring is 1. The molecule has 0 aliphatic rings. The van der Waals surface area contributed by atoms with E-state index in [9.17, 15) is 0 Å². The lowest BCUT2D eigenvalue weighted by Crippen LogP contribution is -2.05. The maximum absolute atomic E-state index is 8.58. The molecule has 0 aliphatic carbocycles. The standard InChI is InChI=1S/C13H12N4O/c14-7-11-8-17-13(9-16-11)18-6-5-10-3-1-2-4-12(10)15/h1-4,8-9H,5-6,15H2. The lowest BCUT2D eigenvalue weighted by Gasteiger charge is -2.06.